The topological polar surface area (TPSA) is 6.48 Å². The minimum atomic E-state index is 0.647. The van der Waals surface area contributed by atoms with Gasteiger partial charge in [-0.2, -0.15) is 0 Å². The third-order valence-electron chi connectivity index (χ3n) is 3.78. The van der Waals surface area contributed by atoms with E-state index in [0.29, 0.717) is 6.04 Å². The molecule has 0 N–H and O–H groups in total. The van der Waals surface area contributed by atoms with E-state index in [1.54, 1.807) is 11.1 Å². The Labute approximate surface area is 91.5 Å². The molecule has 2 aliphatic heterocycles. The van der Waals surface area contributed by atoms with Gasteiger partial charge < -0.3 is 4.90 Å². The number of hydrogen-bond acceptors (Lipinski definition) is 2. The summed E-state index contributed by atoms with van der Waals surface area (Å²) in [4.78, 5) is 5.09. The highest BCUT2D eigenvalue weighted by atomic mass is 15.3. The maximum atomic E-state index is 2.64. The Hall–Kier alpha value is -0.860. The average molecular weight is 202 g/mol. The molecule has 2 heteroatoms. The molecule has 1 fully saturated rings. The summed E-state index contributed by atoms with van der Waals surface area (Å²) in [5.74, 6) is 0. The largest absolute Gasteiger partial charge is 0.303 e. The average Bonchev–Trinajstić information content (AvgIpc) is 2.29. The zero-order valence-corrected chi connectivity index (χ0v) is 9.32. The lowest BCUT2D eigenvalue weighted by molar-refractivity contribution is 0.0825. The van der Waals surface area contributed by atoms with Crippen LogP contribution in [0.1, 0.15) is 17.2 Å². The van der Waals surface area contributed by atoms with Gasteiger partial charge in [0.1, 0.15) is 0 Å². The highest BCUT2D eigenvalue weighted by molar-refractivity contribution is 5.33. The van der Waals surface area contributed by atoms with Crippen LogP contribution >= 0.6 is 0 Å². The molecule has 1 aromatic carbocycles. The van der Waals surface area contributed by atoms with E-state index in [0.717, 1.165) is 0 Å². The lowest BCUT2D eigenvalue weighted by atomic mass is 9.91. The van der Waals surface area contributed by atoms with E-state index in [-0.39, 0.29) is 0 Å². The van der Waals surface area contributed by atoms with Gasteiger partial charge in [-0.3, -0.25) is 4.90 Å². The maximum Gasteiger partial charge on any atom is 0.0478 e. The molecule has 1 aromatic rings. The van der Waals surface area contributed by atoms with E-state index in [4.69, 9.17) is 0 Å². The minimum absolute atomic E-state index is 0.647. The molecule has 1 saturated heterocycles. The molecule has 0 amide bonds. The first-order valence-corrected chi connectivity index (χ1v) is 5.85. The standard InChI is InChI=1S/C13H18N2/c1-14-8-9-15-7-6-11-4-2-3-5-12(11)13(15)10-14/h2-5,13H,6-10H2,1H3. The van der Waals surface area contributed by atoms with Crippen molar-refractivity contribution in [1.29, 1.82) is 0 Å². The Morgan fingerprint density at radius 1 is 1.13 bits per heavy atom. The molecule has 0 bridgehead atoms. The SMILES string of the molecule is CN1CCN2CCc3ccccc3C2C1. The molecule has 0 saturated carbocycles. The van der Waals surface area contributed by atoms with Crippen LogP contribution in [0.15, 0.2) is 24.3 Å². The van der Waals surface area contributed by atoms with Gasteiger partial charge in [0.25, 0.3) is 0 Å². The van der Waals surface area contributed by atoms with Crippen molar-refractivity contribution >= 4 is 0 Å². The Bertz CT molecular complexity index is 361. The molecule has 80 valence electrons. The van der Waals surface area contributed by atoms with Crippen LogP contribution in [0.2, 0.25) is 0 Å². The highest BCUT2D eigenvalue weighted by Gasteiger charge is 2.30. The molecule has 0 aromatic heterocycles. The monoisotopic (exact) mass is 202 g/mol. The van der Waals surface area contributed by atoms with E-state index in [1.165, 1.54) is 32.6 Å². The minimum Gasteiger partial charge on any atom is -0.303 e. The van der Waals surface area contributed by atoms with Crippen LogP contribution in [0.4, 0.5) is 0 Å². The summed E-state index contributed by atoms with van der Waals surface area (Å²) in [6, 6.07) is 9.60. The lowest BCUT2D eigenvalue weighted by Gasteiger charge is -2.43. The first-order valence-electron chi connectivity index (χ1n) is 5.85. The molecule has 3 rings (SSSR count). The van der Waals surface area contributed by atoms with Crippen LogP contribution in [0.25, 0.3) is 0 Å². The maximum absolute atomic E-state index is 2.64. The van der Waals surface area contributed by atoms with Crippen molar-refractivity contribution < 1.29 is 0 Å². The number of rotatable bonds is 0. The molecule has 2 heterocycles. The van der Waals surface area contributed by atoms with Crippen molar-refractivity contribution in [1.82, 2.24) is 9.80 Å². The summed E-state index contributed by atoms with van der Waals surface area (Å²) >= 11 is 0. The number of benzene rings is 1. The second kappa shape index (κ2) is 3.62. The van der Waals surface area contributed by atoms with Crippen LogP contribution in [0.3, 0.4) is 0 Å². The van der Waals surface area contributed by atoms with Crippen molar-refractivity contribution in [2.75, 3.05) is 33.2 Å². The third-order valence-corrected chi connectivity index (χ3v) is 3.78. The van der Waals surface area contributed by atoms with Crippen molar-refractivity contribution in [3.8, 4) is 0 Å². The molecule has 1 unspecified atom stereocenters. The molecule has 0 aliphatic carbocycles. The van der Waals surface area contributed by atoms with Crippen LogP contribution < -0.4 is 0 Å². The lowest BCUT2D eigenvalue weighted by Crippen LogP contribution is -2.49. The van der Waals surface area contributed by atoms with Crippen LogP contribution in [0, 0.1) is 0 Å². The van der Waals surface area contributed by atoms with Crippen molar-refractivity contribution in [3.63, 3.8) is 0 Å². The number of fused-ring (bicyclic) bond motifs is 3. The number of nitrogens with zero attached hydrogens (tertiary/aromatic N) is 2. The zero-order chi connectivity index (χ0) is 10.3. The van der Waals surface area contributed by atoms with Gasteiger partial charge in [0.15, 0.2) is 0 Å². The second-order valence-electron chi connectivity index (χ2n) is 4.76. The van der Waals surface area contributed by atoms with Gasteiger partial charge >= 0.3 is 0 Å². The molecule has 0 spiro atoms. The Morgan fingerprint density at radius 3 is 2.93 bits per heavy atom. The fraction of sp³-hybridized carbons (Fsp3) is 0.538. The van der Waals surface area contributed by atoms with Gasteiger partial charge in [-0.25, -0.2) is 0 Å². The Balaban J connectivity index is 1.96. The molecule has 0 radical (unpaired) electrons. The Kier molecular flexibility index (Phi) is 2.26. The summed E-state index contributed by atoms with van der Waals surface area (Å²) < 4.78 is 0. The van der Waals surface area contributed by atoms with Gasteiger partial charge in [-0.1, -0.05) is 24.3 Å². The summed E-state index contributed by atoms with van der Waals surface area (Å²) in [5.41, 5.74) is 3.13. The summed E-state index contributed by atoms with van der Waals surface area (Å²) in [6.45, 7) is 4.89. The molecular weight excluding hydrogens is 184 g/mol. The van der Waals surface area contributed by atoms with Crippen molar-refractivity contribution in [2.24, 2.45) is 0 Å². The van der Waals surface area contributed by atoms with Crippen LogP contribution in [-0.4, -0.2) is 43.0 Å². The van der Waals surface area contributed by atoms with E-state index in [1.807, 2.05) is 0 Å². The van der Waals surface area contributed by atoms with E-state index in [2.05, 4.69) is 41.1 Å². The fourth-order valence-electron chi connectivity index (χ4n) is 2.87. The number of piperazine rings is 1. The van der Waals surface area contributed by atoms with E-state index in [9.17, 15) is 0 Å². The van der Waals surface area contributed by atoms with E-state index >= 15 is 0 Å². The highest BCUT2D eigenvalue weighted by Crippen LogP contribution is 2.31. The van der Waals surface area contributed by atoms with Gasteiger partial charge in [0.2, 0.25) is 0 Å². The summed E-state index contributed by atoms with van der Waals surface area (Å²) in [6.07, 6.45) is 1.23. The second-order valence-corrected chi connectivity index (χ2v) is 4.76. The number of hydrogen-bond donors (Lipinski definition) is 0. The van der Waals surface area contributed by atoms with Crippen LogP contribution in [-0.2, 0) is 6.42 Å². The van der Waals surface area contributed by atoms with Gasteiger partial charge in [0.05, 0.1) is 0 Å². The molecule has 1 atom stereocenters. The quantitative estimate of drug-likeness (QED) is 0.629. The van der Waals surface area contributed by atoms with Gasteiger partial charge in [0, 0.05) is 32.2 Å². The predicted molar refractivity (Wildman–Crippen MR) is 62.0 cm³/mol. The first kappa shape index (κ1) is 9.37. The van der Waals surface area contributed by atoms with E-state index < -0.39 is 0 Å². The van der Waals surface area contributed by atoms with Crippen molar-refractivity contribution in [3.05, 3.63) is 35.4 Å². The normalized spacial score (nSPS) is 27.1. The first-order chi connectivity index (χ1) is 7.34. The summed E-state index contributed by atoms with van der Waals surface area (Å²) in [5, 5.41) is 0. The fourth-order valence-corrected chi connectivity index (χ4v) is 2.87. The van der Waals surface area contributed by atoms with Crippen molar-refractivity contribution in [2.45, 2.75) is 12.5 Å². The molecule has 2 nitrogen and oxygen atoms in total. The summed E-state index contributed by atoms with van der Waals surface area (Å²) in [7, 11) is 2.23. The van der Waals surface area contributed by atoms with Gasteiger partial charge in [-0.15, -0.1) is 0 Å². The van der Waals surface area contributed by atoms with Gasteiger partial charge in [-0.05, 0) is 24.6 Å². The molecule has 15 heavy (non-hydrogen) atoms. The van der Waals surface area contributed by atoms with Crippen LogP contribution in [0.5, 0.6) is 0 Å². The Morgan fingerprint density at radius 2 is 2.00 bits per heavy atom. The number of likely N-dealkylation sites (N-methyl/N-ethyl adjacent to an activating group) is 1. The zero-order valence-electron chi connectivity index (χ0n) is 9.32. The third kappa shape index (κ3) is 1.58. The smallest absolute Gasteiger partial charge is 0.0478 e. The predicted octanol–water partition coefficient (Wildman–Crippen LogP) is 1.53. The molecular formula is C13H18N2. The molecule has 2 aliphatic rings.